The summed E-state index contributed by atoms with van der Waals surface area (Å²) in [6.07, 6.45) is 6.65. The average molecular weight is 232 g/mol. The van der Waals surface area contributed by atoms with Crippen molar-refractivity contribution in [2.75, 3.05) is 26.7 Å². The van der Waals surface area contributed by atoms with Gasteiger partial charge in [-0.15, -0.1) is 0 Å². The molecule has 0 aromatic rings. The van der Waals surface area contributed by atoms with Crippen molar-refractivity contribution in [1.82, 2.24) is 10.6 Å². The van der Waals surface area contributed by atoms with E-state index in [1.807, 2.05) is 34.7 Å². The first kappa shape index (κ1) is 21.2. The predicted molar refractivity (Wildman–Crippen MR) is 78.3 cm³/mol. The molecule has 2 nitrogen and oxygen atoms in total. The number of hydrogen-bond acceptors (Lipinski definition) is 2. The van der Waals surface area contributed by atoms with Gasteiger partial charge < -0.3 is 10.6 Å². The quantitative estimate of drug-likeness (QED) is 0.591. The Morgan fingerprint density at radius 2 is 1.19 bits per heavy atom. The van der Waals surface area contributed by atoms with Gasteiger partial charge in [-0.2, -0.15) is 0 Å². The standard InChI is InChI=1S/C10H24N2.2C2H6/c1-3-8-12-10-7-5-4-6-9-11-2;2*1-2/h11-12H,3-10H2,1-2H3;2*1-2H3. The SMILES string of the molecule is CC.CC.CCCNCCCCCCNC. The second kappa shape index (κ2) is 29.4. The molecule has 0 aromatic carbocycles. The first-order valence-corrected chi connectivity index (χ1v) is 7.27. The minimum absolute atomic E-state index is 1.17. The Kier molecular flexibility index (Phi) is 39.0. The molecule has 2 N–H and O–H groups in total. The maximum Gasteiger partial charge on any atom is -0.00489 e. The van der Waals surface area contributed by atoms with Crippen molar-refractivity contribution < 1.29 is 0 Å². The zero-order valence-corrected chi connectivity index (χ0v) is 12.7. The zero-order chi connectivity index (χ0) is 13.1. The van der Waals surface area contributed by atoms with E-state index in [9.17, 15) is 0 Å². The lowest BCUT2D eigenvalue weighted by Gasteiger charge is -2.02. The van der Waals surface area contributed by atoms with Crippen LogP contribution in [0.1, 0.15) is 66.7 Å². The maximum absolute atomic E-state index is 3.41. The summed E-state index contributed by atoms with van der Waals surface area (Å²) < 4.78 is 0. The molecule has 0 spiro atoms. The molecule has 0 fully saturated rings. The van der Waals surface area contributed by atoms with Gasteiger partial charge in [-0.05, 0) is 45.9 Å². The Labute approximate surface area is 105 Å². The summed E-state index contributed by atoms with van der Waals surface area (Å²) in [5.74, 6) is 0. The van der Waals surface area contributed by atoms with Crippen LogP contribution in [-0.4, -0.2) is 26.7 Å². The molecule has 0 rings (SSSR count). The molecule has 0 aliphatic heterocycles. The predicted octanol–water partition coefficient (Wildman–Crippen LogP) is 3.82. The number of rotatable bonds is 9. The zero-order valence-electron chi connectivity index (χ0n) is 12.7. The van der Waals surface area contributed by atoms with Crippen molar-refractivity contribution in [3.8, 4) is 0 Å². The largest absolute Gasteiger partial charge is 0.320 e. The fourth-order valence-corrected chi connectivity index (χ4v) is 1.21. The van der Waals surface area contributed by atoms with Gasteiger partial charge in [-0.25, -0.2) is 0 Å². The molecule has 0 heterocycles. The molecule has 0 atom stereocenters. The molecule has 16 heavy (non-hydrogen) atoms. The van der Waals surface area contributed by atoms with E-state index < -0.39 is 0 Å². The summed E-state index contributed by atoms with van der Waals surface area (Å²) in [4.78, 5) is 0. The van der Waals surface area contributed by atoms with Gasteiger partial charge in [0.15, 0.2) is 0 Å². The highest BCUT2D eigenvalue weighted by Crippen LogP contribution is 1.97. The highest BCUT2D eigenvalue weighted by molar-refractivity contribution is 4.49. The van der Waals surface area contributed by atoms with Crippen molar-refractivity contribution in [2.24, 2.45) is 0 Å². The van der Waals surface area contributed by atoms with Crippen LogP contribution in [0.2, 0.25) is 0 Å². The molecule has 0 aliphatic rings. The van der Waals surface area contributed by atoms with Gasteiger partial charge in [0, 0.05) is 0 Å². The van der Waals surface area contributed by atoms with Crippen LogP contribution in [0.3, 0.4) is 0 Å². The highest BCUT2D eigenvalue weighted by Gasteiger charge is 1.88. The summed E-state index contributed by atoms with van der Waals surface area (Å²) >= 11 is 0. The summed E-state index contributed by atoms with van der Waals surface area (Å²) in [6.45, 7) is 13.8. The molecule has 0 bridgehead atoms. The van der Waals surface area contributed by atoms with Gasteiger partial charge in [0.2, 0.25) is 0 Å². The van der Waals surface area contributed by atoms with Gasteiger partial charge in [0.25, 0.3) is 0 Å². The topological polar surface area (TPSA) is 24.1 Å². The van der Waals surface area contributed by atoms with Crippen LogP contribution in [0.5, 0.6) is 0 Å². The van der Waals surface area contributed by atoms with Crippen LogP contribution < -0.4 is 10.6 Å². The third-order valence-corrected chi connectivity index (χ3v) is 1.96. The summed E-state index contributed by atoms with van der Waals surface area (Å²) in [5.41, 5.74) is 0. The molecule has 0 aromatic heterocycles. The fourth-order valence-electron chi connectivity index (χ4n) is 1.21. The van der Waals surface area contributed by atoms with Gasteiger partial charge in [-0.3, -0.25) is 0 Å². The minimum Gasteiger partial charge on any atom is -0.320 e. The molecule has 0 amide bonds. The summed E-state index contributed by atoms with van der Waals surface area (Å²) in [6, 6.07) is 0. The Morgan fingerprint density at radius 1 is 0.688 bits per heavy atom. The first-order valence-electron chi connectivity index (χ1n) is 7.27. The van der Waals surface area contributed by atoms with E-state index in [2.05, 4.69) is 17.6 Å². The summed E-state index contributed by atoms with van der Waals surface area (Å²) in [5, 5.41) is 6.57. The average Bonchev–Trinajstić information content (AvgIpc) is 2.38. The number of hydrogen-bond donors (Lipinski definition) is 2. The monoisotopic (exact) mass is 232 g/mol. The third-order valence-electron chi connectivity index (χ3n) is 1.96. The van der Waals surface area contributed by atoms with Crippen molar-refractivity contribution in [3.63, 3.8) is 0 Å². The Bertz CT molecular complexity index is 65.1. The van der Waals surface area contributed by atoms with E-state index in [0.29, 0.717) is 0 Å². The van der Waals surface area contributed by atoms with E-state index in [1.54, 1.807) is 0 Å². The lowest BCUT2D eigenvalue weighted by molar-refractivity contribution is 0.576. The number of nitrogens with one attached hydrogen (secondary N) is 2. The van der Waals surface area contributed by atoms with Crippen molar-refractivity contribution in [1.29, 1.82) is 0 Å². The van der Waals surface area contributed by atoms with Gasteiger partial charge >= 0.3 is 0 Å². The third kappa shape index (κ3) is 29.2. The first-order chi connectivity index (χ1) is 7.91. The highest BCUT2D eigenvalue weighted by atomic mass is 14.8. The van der Waals surface area contributed by atoms with E-state index >= 15 is 0 Å². The molecular weight excluding hydrogens is 196 g/mol. The van der Waals surface area contributed by atoms with Crippen LogP contribution in [0.4, 0.5) is 0 Å². The second-order valence-electron chi connectivity index (χ2n) is 3.27. The smallest absolute Gasteiger partial charge is 0.00489 e. The maximum atomic E-state index is 3.41. The Hall–Kier alpha value is -0.0800. The van der Waals surface area contributed by atoms with Crippen molar-refractivity contribution >= 4 is 0 Å². The van der Waals surface area contributed by atoms with E-state index in [4.69, 9.17) is 0 Å². The van der Waals surface area contributed by atoms with E-state index in [-0.39, 0.29) is 0 Å². The molecule has 0 saturated heterocycles. The normalized spacial score (nSPS) is 8.62. The van der Waals surface area contributed by atoms with Crippen LogP contribution >= 0.6 is 0 Å². The van der Waals surface area contributed by atoms with E-state index in [0.717, 1.165) is 0 Å². The molecule has 0 unspecified atom stereocenters. The molecule has 0 saturated carbocycles. The lowest BCUT2D eigenvalue weighted by Crippen LogP contribution is -2.15. The minimum atomic E-state index is 1.17. The van der Waals surface area contributed by atoms with Gasteiger partial charge in [0.05, 0.1) is 0 Å². The second-order valence-corrected chi connectivity index (χ2v) is 3.27. The Morgan fingerprint density at radius 3 is 1.62 bits per heavy atom. The van der Waals surface area contributed by atoms with Crippen LogP contribution in [0, 0.1) is 0 Å². The van der Waals surface area contributed by atoms with Crippen LogP contribution in [-0.2, 0) is 0 Å². The van der Waals surface area contributed by atoms with Gasteiger partial charge in [-0.1, -0.05) is 47.5 Å². The molecule has 2 heteroatoms. The number of unbranched alkanes of at least 4 members (excludes halogenated alkanes) is 3. The Balaban J connectivity index is -0.000000376. The molecule has 0 radical (unpaired) electrons. The lowest BCUT2D eigenvalue weighted by atomic mass is 10.2. The molecule has 0 aliphatic carbocycles. The fraction of sp³-hybridized carbons (Fsp3) is 1.00. The van der Waals surface area contributed by atoms with Gasteiger partial charge in [0.1, 0.15) is 0 Å². The van der Waals surface area contributed by atoms with Crippen molar-refractivity contribution in [3.05, 3.63) is 0 Å². The van der Waals surface area contributed by atoms with Crippen molar-refractivity contribution in [2.45, 2.75) is 66.7 Å². The van der Waals surface area contributed by atoms with Crippen LogP contribution in [0.15, 0.2) is 0 Å². The van der Waals surface area contributed by atoms with E-state index in [1.165, 1.54) is 51.7 Å². The summed E-state index contributed by atoms with van der Waals surface area (Å²) in [7, 11) is 2.02. The van der Waals surface area contributed by atoms with Crippen LogP contribution in [0.25, 0.3) is 0 Å². The molecule has 102 valence electrons. The molecular formula is C14H36N2.